The van der Waals surface area contributed by atoms with Gasteiger partial charge in [-0.15, -0.1) is 12.3 Å². The Hall–Kier alpha value is -0.920. The van der Waals surface area contributed by atoms with E-state index in [1.165, 1.54) is 19.3 Å². The van der Waals surface area contributed by atoms with Crippen molar-refractivity contribution in [2.75, 3.05) is 6.61 Å². The lowest BCUT2D eigenvalue weighted by Gasteiger charge is -2.00. The Labute approximate surface area is 81.9 Å². The number of rotatable bonds is 5. The Balaban J connectivity index is 3.40. The number of terminal acetylenes is 1. The molecule has 0 radical (unpaired) electrons. The summed E-state index contributed by atoms with van der Waals surface area (Å²) in [5.41, 5.74) is 0. The summed E-state index contributed by atoms with van der Waals surface area (Å²) in [5, 5.41) is 0. The van der Waals surface area contributed by atoms with E-state index in [2.05, 4.69) is 24.7 Å². The summed E-state index contributed by atoms with van der Waals surface area (Å²) in [6, 6.07) is 0. The van der Waals surface area contributed by atoms with E-state index in [9.17, 15) is 0 Å². The van der Waals surface area contributed by atoms with Crippen LogP contribution in [-0.4, -0.2) is 12.7 Å². The third-order valence-electron chi connectivity index (χ3n) is 1.63. The zero-order valence-electron chi connectivity index (χ0n) is 8.60. The van der Waals surface area contributed by atoms with Crippen LogP contribution in [-0.2, 0) is 4.74 Å². The molecule has 0 aromatic heterocycles. The van der Waals surface area contributed by atoms with Crippen LogP contribution >= 0.6 is 0 Å². The van der Waals surface area contributed by atoms with E-state index in [0.29, 0.717) is 6.61 Å². The highest BCUT2D eigenvalue weighted by Crippen LogP contribution is 1.97. The second-order valence-electron chi connectivity index (χ2n) is 2.94. The summed E-state index contributed by atoms with van der Waals surface area (Å²) in [4.78, 5) is 0. The molecule has 0 bridgehead atoms. The highest BCUT2D eigenvalue weighted by molar-refractivity contribution is 5.04. The zero-order valence-corrected chi connectivity index (χ0v) is 8.60. The molecule has 0 aliphatic carbocycles. The molecule has 0 aromatic rings. The first-order valence-corrected chi connectivity index (χ1v) is 4.84. The van der Waals surface area contributed by atoms with Gasteiger partial charge in [-0.3, -0.25) is 0 Å². The standard InChI is InChI=1S/C12H18O/c1-4-6-7-8-9-10-12(3)13-11-5-2/h2,12H,4,6-8,11H2,1,3H3. The van der Waals surface area contributed by atoms with Crippen LogP contribution in [0, 0.1) is 24.2 Å². The van der Waals surface area contributed by atoms with Crippen LogP contribution in [0.2, 0.25) is 0 Å². The van der Waals surface area contributed by atoms with Gasteiger partial charge in [0.05, 0.1) is 0 Å². The largest absolute Gasteiger partial charge is 0.353 e. The van der Waals surface area contributed by atoms with Crippen molar-refractivity contribution in [1.82, 2.24) is 0 Å². The first kappa shape index (κ1) is 12.1. The Morgan fingerprint density at radius 3 is 2.77 bits per heavy atom. The molecule has 1 atom stereocenters. The molecule has 0 saturated carbocycles. The molecule has 13 heavy (non-hydrogen) atoms. The van der Waals surface area contributed by atoms with Crippen molar-refractivity contribution in [2.24, 2.45) is 0 Å². The highest BCUT2D eigenvalue weighted by atomic mass is 16.5. The molecule has 0 aliphatic rings. The lowest BCUT2D eigenvalue weighted by atomic mass is 10.2. The quantitative estimate of drug-likeness (QED) is 0.464. The molecule has 0 fully saturated rings. The third-order valence-corrected chi connectivity index (χ3v) is 1.63. The van der Waals surface area contributed by atoms with E-state index in [0.717, 1.165) is 6.42 Å². The van der Waals surface area contributed by atoms with Crippen molar-refractivity contribution in [1.29, 1.82) is 0 Å². The summed E-state index contributed by atoms with van der Waals surface area (Å²) < 4.78 is 5.19. The molecule has 72 valence electrons. The SMILES string of the molecule is C#CCOC(C)C#CCCCCC. The lowest BCUT2D eigenvalue weighted by Crippen LogP contribution is -2.04. The summed E-state index contributed by atoms with van der Waals surface area (Å²) >= 11 is 0. The maximum absolute atomic E-state index is 5.19. The molecule has 1 heteroatoms. The maximum Gasteiger partial charge on any atom is 0.116 e. The van der Waals surface area contributed by atoms with Crippen LogP contribution in [0.4, 0.5) is 0 Å². The van der Waals surface area contributed by atoms with Crippen molar-refractivity contribution in [3.05, 3.63) is 0 Å². The van der Waals surface area contributed by atoms with E-state index in [1.54, 1.807) is 0 Å². The topological polar surface area (TPSA) is 9.23 Å². The minimum absolute atomic E-state index is 0.0299. The first-order chi connectivity index (χ1) is 6.31. The van der Waals surface area contributed by atoms with Gasteiger partial charge in [0.2, 0.25) is 0 Å². The molecule has 0 aromatic carbocycles. The maximum atomic E-state index is 5.19. The Bertz CT molecular complexity index is 201. The Morgan fingerprint density at radius 1 is 1.38 bits per heavy atom. The molecule has 0 saturated heterocycles. The lowest BCUT2D eigenvalue weighted by molar-refractivity contribution is 0.134. The van der Waals surface area contributed by atoms with Gasteiger partial charge in [0.25, 0.3) is 0 Å². The molecular formula is C12H18O. The van der Waals surface area contributed by atoms with Gasteiger partial charge in [-0.25, -0.2) is 0 Å². The summed E-state index contributed by atoms with van der Waals surface area (Å²) in [7, 11) is 0. The smallest absolute Gasteiger partial charge is 0.116 e. The Kier molecular flexibility index (Phi) is 8.52. The van der Waals surface area contributed by atoms with Gasteiger partial charge in [0, 0.05) is 6.42 Å². The summed E-state index contributed by atoms with van der Waals surface area (Å²) in [6.07, 6.45) is 9.67. The predicted octanol–water partition coefficient (Wildman–Crippen LogP) is 2.61. The average molecular weight is 178 g/mol. The van der Waals surface area contributed by atoms with Gasteiger partial charge < -0.3 is 4.74 Å². The van der Waals surface area contributed by atoms with Gasteiger partial charge >= 0.3 is 0 Å². The molecule has 0 spiro atoms. The Morgan fingerprint density at radius 2 is 2.15 bits per heavy atom. The van der Waals surface area contributed by atoms with Crippen LogP contribution < -0.4 is 0 Å². The van der Waals surface area contributed by atoms with E-state index in [1.807, 2.05) is 6.92 Å². The second-order valence-corrected chi connectivity index (χ2v) is 2.94. The van der Waals surface area contributed by atoms with Crippen molar-refractivity contribution in [3.8, 4) is 24.2 Å². The van der Waals surface area contributed by atoms with Gasteiger partial charge in [0.1, 0.15) is 12.7 Å². The number of unbranched alkanes of at least 4 members (excludes halogenated alkanes) is 3. The molecule has 0 N–H and O–H groups in total. The fourth-order valence-corrected chi connectivity index (χ4v) is 0.894. The molecule has 1 unspecified atom stereocenters. The van der Waals surface area contributed by atoms with Crippen molar-refractivity contribution < 1.29 is 4.74 Å². The highest BCUT2D eigenvalue weighted by Gasteiger charge is 1.92. The fraction of sp³-hybridized carbons (Fsp3) is 0.667. The van der Waals surface area contributed by atoms with Crippen LogP contribution in [0.5, 0.6) is 0 Å². The van der Waals surface area contributed by atoms with Gasteiger partial charge in [-0.05, 0) is 13.3 Å². The zero-order chi connectivity index (χ0) is 9.94. The first-order valence-electron chi connectivity index (χ1n) is 4.84. The van der Waals surface area contributed by atoms with Crippen molar-refractivity contribution >= 4 is 0 Å². The number of ether oxygens (including phenoxy) is 1. The van der Waals surface area contributed by atoms with E-state index in [-0.39, 0.29) is 6.10 Å². The number of hydrogen-bond acceptors (Lipinski definition) is 1. The minimum atomic E-state index is -0.0299. The van der Waals surface area contributed by atoms with Crippen LogP contribution in [0.3, 0.4) is 0 Å². The minimum Gasteiger partial charge on any atom is -0.353 e. The van der Waals surface area contributed by atoms with Gasteiger partial charge in [-0.2, -0.15) is 0 Å². The van der Waals surface area contributed by atoms with Crippen LogP contribution in [0.25, 0.3) is 0 Å². The molecule has 0 aliphatic heterocycles. The normalized spacial score (nSPS) is 11.2. The van der Waals surface area contributed by atoms with E-state index in [4.69, 9.17) is 11.2 Å². The molecule has 0 rings (SSSR count). The van der Waals surface area contributed by atoms with Gasteiger partial charge in [0.15, 0.2) is 0 Å². The monoisotopic (exact) mass is 178 g/mol. The fourth-order valence-electron chi connectivity index (χ4n) is 0.894. The van der Waals surface area contributed by atoms with Crippen molar-refractivity contribution in [2.45, 2.75) is 45.6 Å². The van der Waals surface area contributed by atoms with Crippen LogP contribution in [0.1, 0.15) is 39.5 Å². The predicted molar refractivity (Wildman–Crippen MR) is 56.2 cm³/mol. The van der Waals surface area contributed by atoms with E-state index >= 15 is 0 Å². The third kappa shape index (κ3) is 8.99. The molecule has 1 nitrogen and oxygen atoms in total. The van der Waals surface area contributed by atoms with Crippen LogP contribution in [0.15, 0.2) is 0 Å². The summed E-state index contributed by atoms with van der Waals surface area (Å²) in [5.74, 6) is 8.51. The molecular weight excluding hydrogens is 160 g/mol. The van der Waals surface area contributed by atoms with Gasteiger partial charge in [-0.1, -0.05) is 31.6 Å². The molecule has 0 amide bonds. The summed E-state index contributed by atoms with van der Waals surface area (Å²) in [6.45, 7) is 4.46. The molecule has 0 heterocycles. The van der Waals surface area contributed by atoms with E-state index < -0.39 is 0 Å². The average Bonchev–Trinajstić information content (AvgIpc) is 2.14. The van der Waals surface area contributed by atoms with Crippen molar-refractivity contribution in [3.63, 3.8) is 0 Å². The number of hydrogen-bond donors (Lipinski definition) is 0. The second kappa shape index (κ2) is 9.17.